The number of hydrogen-bond acceptors (Lipinski definition) is 14. The van der Waals surface area contributed by atoms with E-state index in [1.54, 1.807) is 28.4 Å². The fourth-order valence-corrected chi connectivity index (χ4v) is 12.6. The zero-order chi connectivity index (χ0) is 46.1. The lowest BCUT2D eigenvalue weighted by atomic mass is 9.64. The summed E-state index contributed by atoms with van der Waals surface area (Å²) >= 11 is 0. The summed E-state index contributed by atoms with van der Waals surface area (Å²) in [6.45, 7) is 8.17. The lowest BCUT2D eigenvalue weighted by molar-refractivity contribution is -0.314. The van der Waals surface area contributed by atoms with Crippen LogP contribution < -0.4 is 4.74 Å². The Labute approximate surface area is 385 Å². The number of rotatable bonds is 12. The average Bonchev–Trinajstić information content (AvgIpc) is 4.05. The van der Waals surface area contributed by atoms with E-state index in [0.29, 0.717) is 25.3 Å². The molecule has 65 heavy (non-hydrogen) atoms. The second-order valence-electron chi connectivity index (χ2n) is 19.8. The Hall–Kier alpha value is -3.28. The van der Waals surface area contributed by atoms with Gasteiger partial charge in [-0.2, -0.15) is 0 Å². The Balaban J connectivity index is 1.11. The van der Waals surface area contributed by atoms with Gasteiger partial charge in [0.2, 0.25) is 0 Å². The van der Waals surface area contributed by atoms with Crippen molar-refractivity contribution in [2.75, 3.05) is 42.5 Å². The maximum absolute atomic E-state index is 15.2. The molecule has 3 unspecified atom stereocenters. The van der Waals surface area contributed by atoms with Gasteiger partial charge in [0.25, 0.3) is 0 Å². The van der Waals surface area contributed by atoms with Crippen LogP contribution in [0.1, 0.15) is 97.9 Å². The van der Waals surface area contributed by atoms with Gasteiger partial charge in [-0.05, 0) is 139 Å². The number of carbonyl (C=O) groups is 2. The molecule has 5 fully saturated rings. The van der Waals surface area contributed by atoms with E-state index in [1.807, 2.05) is 49.0 Å². The average molecular weight is 907 g/mol. The molecule has 18 atom stereocenters. The molecule has 8 rings (SSSR count). The minimum atomic E-state index is -0.679. The number of cyclic esters (lactones) is 1. The predicted molar refractivity (Wildman–Crippen MR) is 241 cm³/mol. The molecule has 360 valence electrons. The van der Waals surface area contributed by atoms with Crippen LogP contribution in [0.25, 0.3) is 11.3 Å². The van der Waals surface area contributed by atoms with E-state index in [1.165, 1.54) is 0 Å². The number of hydrogen-bond donors (Lipinski definition) is 0. The largest absolute Gasteiger partial charge is 0.497 e. The summed E-state index contributed by atoms with van der Waals surface area (Å²) in [4.78, 5) is 31.5. The van der Waals surface area contributed by atoms with Crippen LogP contribution in [0.2, 0.25) is 0 Å². The third kappa shape index (κ3) is 10.00. The quantitative estimate of drug-likeness (QED) is 0.205. The zero-order valence-electron chi connectivity index (χ0n) is 40.2. The minimum Gasteiger partial charge on any atom is -0.497 e. The number of nitrogens with zero attached hydrogens (tertiary/aromatic N) is 4. The zero-order valence-corrected chi connectivity index (χ0v) is 40.2. The van der Waals surface area contributed by atoms with Gasteiger partial charge in [-0.25, -0.2) is 4.68 Å². The standard InChI is InChI=1S/C50H74N4O11/c1-11-31-13-12-14-43(65-45-20-19-41(53(5)6)28(3)61-45)27(2)46(56)39-23-35-34-21-33(64-50-49(60-10)48(59-9)47(58-8)29(4)62-50)22-38(34)42(24-36(35)37(39)25-44(55)63-31)54-26-40(51-52-54)30-15-17-32(57-7)18-16-30/h15-18,23,26-29,31,33-38,41-43,45,47-50H,11-14,19-22,24-25H2,1-10H3/t27-,28?,29?,31+,33+,34+,35+,36-,37+,38-,41+,42-,43+,45+,47+,48?,49+,50+/m1/s1. The molecule has 0 radical (unpaired) electrons. The summed E-state index contributed by atoms with van der Waals surface area (Å²) in [5.41, 5.74) is 2.43. The highest BCUT2D eigenvalue weighted by Gasteiger charge is 2.57. The van der Waals surface area contributed by atoms with Crippen molar-refractivity contribution in [1.29, 1.82) is 0 Å². The maximum Gasteiger partial charge on any atom is 0.306 e. The van der Waals surface area contributed by atoms with Gasteiger partial charge >= 0.3 is 5.97 Å². The van der Waals surface area contributed by atoms with Crippen molar-refractivity contribution in [3.63, 3.8) is 0 Å². The van der Waals surface area contributed by atoms with Crippen molar-refractivity contribution in [3.05, 3.63) is 42.1 Å². The van der Waals surface area contributed by atoms with Crippen molar-refractivity contribution >= 4 is 11.8 Å². The molecule has 3 saturated heterocycles. The molecule has 6 aliphatic rings. The molecule has 3 aliphatic heterocycles. The van der Waals surface area contributed by atoms with Crippen LogP contribution in [0.3, 0.4) is 0 Å². The van der Waals surface area contributed by atoms with E-state index >= 15 is 4.79 Å². The number of Topliss-reactive ketones (excluding diaryl/α,β-unsaturated/α-hetero) is 1. The Morgan fingerprint density at radius 2 is 1.55 bits per heavy atom. The fraction of sp³-hybridized carbons (Fsp3) is 0.760. The van der Waals surface area contributed by atoms with E-state index in [2.05, 4.69) is 44.0 Å². The molecule has 1 aromatic carbocycles. The maximum atomic E-state index is 15.2. The first kappa shape index (κ1) is 48.2. The molecule has 3 aliphatic carbocycles. The van der Waals surface area contributed by atoms with Gasteiger partial charge < -0.3 is 47.5 Å². The Kier molecular flexibility index (Phi) is 15.5. The van der Waals surface area contributed by atoms with Gasteiger partial charge in [0, 0.05) is 44.8 Å². The number of likely N-dealkylation sites (N-methyl/N-ethyl adjacent to an activating group) is 1. The molecule has 15 nitrogen and oxygen atoms in total. The molecule has 0 amide bonds. The van der Waals surface area contributed by atoms with Crippen molar-refractivity contribution in [1.82, 2.24) is 19.9 Å². The van der Waals surface area contributed by atoms with Crippen molar-refractivity contribution in [2.45, 2.75) is 165 Å². The number of ketones is 1. The van der Waals surface area contributed by atoms with E-state index in [-0.39, 0.29) is 103 Å². The number of fused-ring (bicyclic) bond motifs is 5. The third-order valence-corrected chi connectivity index (χ3v) is 16.0. The monoisotopic (exact) mass is 907 g/mol. The highest BCUT2D eigenvalue weighted by Crippen LogP contribution is 2.60. The van der Waals surface area contributed by atoms with E-state index < -0.39 is 18.3 Å². The van der Waals surface area contributed by atoms with E-state index in [9.17, 15) is 4.79 Å². The second-order valence-corrected chi connectivity index (χ2v) is 19.8. The Morgan fingerprint density at radius 1 is 0.815 bits per heavy atom. The van der Waals surface area contributed by atoms with Gasteiger partial charge in [0.1, 0.15) is 35.9 Å². The van der Waals surface area contributed by atoms with Crippen LogP contribution in [-0.4, -0.2) is 142 Å². The highest BCUT2D eigenvalue weighted by molar-refractivity contribution is 5.99. The molecule has 0 bridgehead atoms. The number of benzene rings is 1. The molecule has 0 N–H and O–H groups in total. The van der Waals surface area contributed by atoms with Crippen LogP contribution in [0, 0.1) is 35.5 Å². The number of aromatic nitrogens is 3. The topological polar surface area (TPSA) is 151 Å². The van der Waals surface area contributed by atoms with Crippen LogP contribution in [-0.2, 0) is 47.5 Å². The van der Waals surface area contributed by atoms with Crippen LogP contribution in [0.5, 0.6) is 5.75 Å². The first-order valence-corrected chi connectivity index (χ1v) is 24.2. The molecular weight excluding hydrogens is 833 g/mol. The smallest absolute Gasteiger partial charge is 0.306 e. The Morgan fingerprint density at radius 3 is 2.23 bits per heavy atom. The molecule has 4 heterocycles. The van der Waals surface area contributed by atoms with Crippen molar-refractivity contribution in [2.24, 2.45) is 35.5 Å². The van der Waals surface area contributed by atoms with Crippen molar-refractivity contribution < 1.29 is 52.2 Å². The van der Waals surface area contributed by atoms with E-state index in [0.717, 1.165) is 61.1 Å². The first-order valence-electron chi connectivity index (χ1n) is 24.2. The van der Waals surface area contributed by atoms with Crippen molar-refractivity contribution in [3.8, 4) is 17.0 Å². The minimum absolute atomic E-state index is 0.00413. The lowest BCUT2D eigenvalue weighted by Crippen LogP contribution is -2.59. The van der Waals surface area contributed by atoms with Gasteiger partial charge in [-0.1, -0.05) is 25.1 Å². The molecule has 2 aromatic rings. The number of esters is 1. The number of carbonyl (C=O) groups excluding carboxylic acids is 2. The molecule has 15 heteroatoms. The predicted octanol–water partition coefficient (Wildman–Crippen LogP) is 6.83. The normalized spacial score (nSPS) is 40.3. The summed E-state index contributed by atoms with van der Waals surface area (Å²) in [5.74, 6) is 0.0909. The number of allylic oxidation sites excluding steroid dienone is 2. The summed E-state index contributed by atoms with van der Waals surface area (Å²) < 4.78 is 58.1. The van der Waals surface area contributed by atoms with Gasteiger partial charge in [0.15, 0.2) is 18.4 Å². The number of methoxy groups -OCH3 is 4. The SMILES string of the molecule is CC[C@H]1CCC[C@H](O[C@H]2CC[C@H](N(C)C)C(C)O2)[C@@H](C)C(=O)C2=C[C@@H]3[C@@H](C[C@@H](n4cc(-c5ccc(OC)cc5)nn4)[C@@H]4C[C@@H](O[C@@H]5OC(C)[C@H](OC)C(OC)[C@@H]5OC)C[C@@H]34)[C@@H]2CC(=O)O1. The van der Waals surface area contributed by atoms with Gasteiger partial charge in [0.05, 0.1) is 50.2 Å². The summed E-state index contributed by atoms with van der Waals surface area (Å²) in [6.07, 6.45) is 7.91. The Bertz CT molecular complexity index is 1940. The van der Waals surface area contributed by atoms with Gasteiger partial charge in [-0.3, -0.25) is 9.59 Å². The van der Waals surface area contributed by atoms with Gasteiger partial charge in [-0.15, -0.1) is 5.10 Å². The summed E-state index contributed by atoms with van der Waals surface area (Å²) in [6, 6.07) is 8.06. The molecule has 1 aromatic heterocycles. The molecule has 2 saturated carbocycles. The van der Waals surface area contributed by atoms with Crippen LogP contribution in [0.15, 0.2) is 42.1 Å². The lowest BCUT2D eigenvalue weighted by Gasteiger charge is -2.44. The fourth-order valence-electron chi connectivity index (χ4n) is 12.6. The number of ether oxygens (including phenoxy) is 9. The van der Waals surface area contributed by atoms with Crippen LogP contribution in [0.4, 0.5) is 0 Å². The van der Waals surface area contributed by atoms with Crippen LogP contribution >= 0.6 is 0 Å². The summed E-state index contributed by atoms with van der Waals surface area (Å²) in [5, 5.41) is 9.48. The third-order valence-electron chi connectivity index (χ3n) is 16.0. The second kappa shape index (κ2) is 20.9. The van der Waals surface area contributed by atoms with E-state index in [4.69, 9.17) is 47.8 Å². The molecular formula is C50H74N4O11. The summed E-state index contributed by atoms with van der Waals surface area (Å²) in [7, 11) is 10.8. The first-order chi connectivity index (χ1) is 31.3. The molecule has 0 spiro atoms. The highest BCUT2D eigenvalue weighted by atomic mass is 16.7.